The van der Waals surface area contributed by atoms with E-state index in [1.54, 1.807) is 29.5 Å². The molecule has 1 heterocycles. The first-order valence-corrected chi connectivity index (χ1v) is 6.84. The number of nitrogens with two attached hydrogens (primary N) is 2. The quantitative estimate of drug-likeness (QED) is 0.842. The second-order valence-electron chi connectivity index (χ2n) is 4.44. The number of nitrogens with zero attached hydrogens (tertiary/aromatic N) is 1. The Morgan fingerprint density at radius 2 is 2.11 bits per heavy atom. The second kappa shape index (κ2) is 5.32. The van der Waals surface area contributed by atoms with Crippen molar-refractivity contribution in [1.82, 2.24) is 0 Å². The number of hydrogen-bond acceptors (Lipinski definition) is 4. The molecule has 1 unspecified atom stereocenters. The summed E-state index contributed by atoms with van der Waals surface area (Å²) in [6.07, 6.45) is 0. The molecule has 100 valence electrons. The topological polar surface area (TPSA) is 72.3 Å². The van der Waals surface area contributed by atoms with Crippen LogP contribution in [0.4, 0.5) is 11.4 Å². The van der Waals surface area contributed by atoms with Gasteiger partial charge in [0.2, 0.25) is 0 Å². The second-order valence-corrected chi connectivity index (χ2v) is 5.42. The van der Waals surface area contributed by atoms with Crippen molar-refractivity contribution in [3.63, 3.8) is 0 Å². The fraction of sp³-hybridized carbons (Fsp3) is 0.214. The maximum atomic E-state index is 11.5. The minimum Gasteiger partial charge on any atom is -0.399 e. The van der Waals surface area contributed by atoms with Crippen LogP contribution in [0.15, 0.2) is 35.7 Å². The highest BCUT2D eigenvalue weighted by Gasteiger charge is 2.18. The van der Waals surface area contributed by atoms with E-state index in [1.807, 2.05) is 23.4 Å². The van der Waals surface area contributed by atoms with Crippen molar-refractivity contribution >= 4 is 28.6 Å². The summed E-state index contributed by atoms with van der Waals surface area (Å²) in [5.41, 5.74) is 13.1. The molecule has 1 atom stereocenters. The molecule has 1 aromatic carbocycles. The van der Waals surface area contributed by atoms with Crippen molar-refractivity contribution in [2.45, 2.75) is 13.0 Å². The maximum Gasteiger partial charge on any atom is 0.250 e. The average Bonchev–Trinajstić information content (AvgIpc) is 2.90. The van der Waals surface area contributed by atoms with Crippen molar-refractivity contribution < 1.29 is 4.79 Å². The van der Waals surface area contributed by atoms with E-state index in [9.17, 15) is 4.79 Å². The number of carbonyl (C=O) groups excluding carboxylic acids is 1. The van der Waals surface area contributed by atoms with Gasteiger partial charge in [-0.05, 0) is 36.6 Å². The Balaban J connectivity index is 2.40. The molecular formula is C14H17N3OS. The summed E-state index contributed by atoms with van der Waals surface area (Å²) < 4.78 is 0. The molecule has 0 aliphatic rings. The number of amides is 1. The van der Waals surface area contributed by atoms with Crippen molar-refractivity contribution in [3.05, 3.63) is 46.2 Å². The first kappa shape index (κ1) is 13.4. The zero-order chi connectivity index (χ0) is 14.0. The van der Waals surface area contributed by atoms with E-state index in [2.05, 4.69) is 13.0 Å². The van der Waals surface area contributed by atoms with Crippen LogP contribution in [0.25, 0.3) is 0 Å². The van der Waals surface area contributed by atoms with Gasteiger partial charge in [0.1, 0.15) is 0 Å². The van der Waals surface area contributed by atoms with Gasteiger partial charge in [0.25, 0.3) is 5.91 Å². The fourth-order valence-corrected chi connectivity index (χ4v) is 2.80. The van der Waals surface area contributed by atoms with Crippen LogP contribution in [0.5, 0.6) is 0 Å². The lowest BCUT2D eigenvalue weighted by molar-refractivity contribution is 0.100. The zero-order valence-corrected chi connectivity index (χ0v) is 11.8. The van der Waals surface area contributed by atoms with Gasteiger partial charge in [-0.3, -0.25) is 4.79 Å². The molecule has 0 bridgehead atoms. The Morgan fingerprint density at radius 1 is 1.37 bits per heavy atom. The summed E-state index contributed by atoms with van der Waals surface area (Å²) in [6.45, 7) is 2.08. The van der Waals surface area contributed by atoms with Gasteiger partial charge in [-0.2, -0.15) is 0 Å². The van der Waals surface area contributed by atoms with Crippen LogP contribution >= 0.6 is 11.3 Å². The predicted octanol–water partition coefficient (Wildman–Crippen LogP) is 2.63. The van der Waals surface area contributed by atoms with Crippen LogP contribution in [0.2, 0.25) is 0 Å². The first-order chi connectivity index (χ1) is 9.00. The van der Waals surface area contributed by atoms with Crippen LogP contribution < -0.4 is 16.4 Å². The van der Waals surface area contributed by atoms with Crippen LogP contribution in [0.3, 0.4) is 0 Å². The number of hydrogen-bond donors (Lipinski definition) is 2. The van der Waals surface area contributed by atoms with E-state index >= 15 is 0 Å². The number of rotatable bonds is 4. The Labute approximate surface area is 116 Å². The summed E-state index contributed by atoms with van der Waals surface area (Å²) in [4.78, 5) is 14.7. The third-order valence-corrected chi connectivity index (χ3v) is 4.25. The molecule has 0 spiro atoms. The first-order valence-electron chi connectivity index (χ1n) is 5.96. The molecule has 0 saturated heterocycles. The molecule has 4 N–H and O–H groups in total. The molecule has 0 aliphatic carbocycles. The maximum absolute atomic E-state index is 11.5. The molecule has 2 aromatic rings. The summed E-state index contributed by atoms with van der Waals surface area (Å²) in [5.74, 6) is -0.444. The number of anilines is 2. The molecular weight excluding hydrogens is 258 g/mol. The number of primary amides is 1. The van der Waals surface area contributed by atoms with Crippen molar-refractivity contribution in [2.75, 3.05) is 17.7 Å². The summed E-state index contributed by atoms with van der Waals surface area (Å²) in [6, 6.07) is 9.38. The standard InChI is InChI=1S/C14H17N3OS/c1-9(13-4-3-7-19-13)17(2)12-8-10(15)5-6-11(12)14(16)18/h3-9H,15H2,1-2H3,(H2,16,18). The third-order valence-electron chi connectivity index (χ3n) is 3.20. The lowest BCUT2D eigenvalue weighted by Gasteiger charge is -2.28. The highest BCUT2D eigenvalue weighted by Crippen LogP contribution is 2.31. The normalized spacial score (nSPS) is 12.1. The minimum atomic E-state index is -0.444. The fourth-order valence-electron chi connectivity index (χ4n) is 1.98. The molecule has 0 saturated carbocycles. The smallest absolute Gasteiger partial charge is 0.250 e. The molecule has 5 heteroatoms. The lowest BCUT2D eigenvalue weighted by atomic mass is 10.1. The monoisotopic (exact) mass is 275 g/mol. The molecule has 1 amide bonds. The van der Waals surface area contributed by atoms with Gasteiger partial charge in [-0.25, -0.2) is 0 Å². The van der Waals surface area contributed by atoms with Gasteiger partial charge in [0.15, 0.2) is 0 Å². The summed E-state index contributed by atoms with van der Waals surface area (Å²) in [5, 5.41) is 2.04. The van der Waals surface area contributed by atoms with Gasteiger partial charge in [-0.15, -0.1) is 11.3 Å². The van der Waals surface area contributed by atoms with E-state index in [1.165, 1.54) is 4.88 Å². The molecule has 19 heavy (non-hydrogen) atoms. The highest BCUT2D eigenvalue weighted by atomic mass is 32.1. The number of benzene rings is 1. The van der Waals surface area contributed by atoms with Gasteiger partial charge in [0.05, 0.1) is 17.3 Å². The molecule has 0 radical (unpaired) electrons. The Kier molecular flexibility index (Phi) is 3.76. The van der Waals surface area contributed by atoms with Crippen LogP contribution in [-0.4, -0.2) is 13.0 Å². The van der Waals surface area contributed by atoms with E-state index in [-0.39, 0.29) is 6.04 Å². The number of carbonyl (C=O) groups is 1. The lowest BCUT2D eigenvalue weighted by Crippen LogP contribution is -2.25. The van der Waals surface area contributed by atoms with Gasteiger partial charge in [0, 0.05) is 17.6 Å². The van der Waals surface area contributed by atoms with E-state index in [0.29, 0.717) is 11.3 Å². The summed E-state index contributed by atoms with van der Waals surface area (Å²) >= 11 is 1.68. The number of thiophene rings is 1. The number of nitrogen functional groups attached to an aromatic ring is 1. The minimum absolute atomic E-state index is 0.153. The molecule has 4 nitrogen and oxygen atoms in total. The van der Waals surface area contributed by atoms with Crippen molar-refractivity contribution in [2.24, 2.45) is 5.73 Å². The van der Waals surface area contributed by atoms with Gasteiger partial charge < -0.3 is 16.4 Å². The van der Waals surface area contributed by atoms with E-state index < -0.39 is 5.91 Å². The van der Waals surface area contributed by atoms with Crippen LogP contribution in [0.1, 0.15) is 28.2 Å². The largest absolute Gasteiger partial charge is 0.399 e. The predicted molar refractivity (Wildman–Crippen MR) is 80.5 cm³/mol. The third kappa shape index (κ3) is 2.71. The SMILES string of the molecule is CC(c1cccs1)N(C)c1cc(N)ccc1C(N)=O. The molecule has 1 aromatic heterocycles. The van der Waals surface area contributed by atoms with Gasteiger partial charge in [-0.1, -0.05) is 6.07 Å². The molecule has 2 rings (SSSR count). The zero-order valence-electron chi connectivity index (χ0n) is 11.0. The van der Waals surface area contributed by atoms with E-state index in [0.717, 1.165) is 5.69 Å². The van der Waals surface area contributed by atoms with Crippen molar-refractivity contribution in [1.29, 1.82) is 0 Å². The summed E-state index contributed by atoms with van der Waals surface area (Å²) in [7, 11) is 1.94. The Bertz CT molecular complexity index is 580. The Morgan fingerprint density at radius 3 is 2.68 bits per heavy atom. The molecule has 0 fully saturated rings. The molecule has 0 aliphatic heterocycles. The van der Waals surface area contributed by atoms with Crippen LogP contribution in [-0.2, 0) is 0 Å². The van der Waals surface area contributed by atoms with Gasteiger partial charge >= 0.3 is 0 Å². The highest BCUT2D eigenvalue weighted by molar-refractivity contribution is 7.10. The van der Waals surface area contributed by atoms with E-state index in [4.69, 9.17) is 11.5 Å². The average molecular weight is 275 g/mol. The Hall–Kier alpha value is -2.01. The van der Waals surface area contributed by atoms with Crippen molar-refractivity contribution in [3.8, 4) is 0 Å². The van der Waals surface area contributed by atoms with Crippen LogP contribution in [0, 0.1) is 0 Å².